The number of carbonyl (C=O) groups excluding carboxylic acids is 1. The molecule has 0 fully saturated rings. The molecule has 3 nitrogen and oxygen atoms in total. The number of aryl methyl sites for hydroxylation is 2. The Bertz CT molecular complexity index is 708. The van der Waals surface area contributed by atoms with E-state index in [2.05, 4.69) is 5.32 Å². The topological polar surface area (TPSA) is 55.1 Å². The molecule has 0 aliphatic heterocycles. The summed E-state index contributed by atoms with van der Waals surface area (Å²) in [5.41, 5.74) is 9.25. The van der Waals surface area contributed by atoms with Crippen LogP contribution in [0, 0.1) is 13.8 Å². The number of rotatable bonds is 3. The zero-order chi connectivity index (χ0) is 15.6. The molecule has 0 bridgehead atoms. The first-order chi connectivity index (χ1) is 9.90. The number of nitrogens with one attached hydrogen (secondary N) is 1. The van der Waals surface area contributed by atoms with Crippen LogP contribution in [-0.4, -0.2) is 10.9 Å². The summed E-state index contributed by atoms with van der Waals surface area (Å²) in [4.78, 5) is 12.7. The molecule has 108 valence electrons. The number of nitrogens with two attached hydrogens (primary N) is 1. The monoisotopic (exact) mass is 318 g/mol. The van der Waals surface area contributed by atoms with Gasteiger partial charge in [0.2, 0.25) is 0 Å². The number of halogens is 1. The lowest BCUT2D eigenvalue weighted by Crippen LogP contribution is -2.16. The highest BCUT2D eigenvalue weighted by atomic mass is 35.5. The van der Waals surface area contributed by atoms with E-state index in [1.54, 1.807) is 18.2 Å². The Kier molecular flexibility index (Phi) is 4.60. The average Bonchev–Trinajstić information content (AvgIpc) is 2.40. The summed E-state index contributed by atoms with van der Waals surface area (Å²) in [6, 6.07) is 10.8. The van der Waals surface area contributed by atoms with Crippen molar-refractivity contribution in [2.24, 2.45) is 5.73 Å². The number of carbonyl (C=O) groups is 1. The van der Waals surface area contributed by atoms with Crippen molar-refractivity contribution in [3.8, 4) is 0 Å². The first kappa shape index (κ1) is 15.5. The van der Waals surface area contributed by atoms with Crippen LogP contribution in [0.25, 0.3) is 0 Å². The van der Waals surface area contributed by atoms with Gasteiger partial charge in [0.05, 0.1) is 10.7 Å². The first-order valence-electron chi connectivity index (χ1n) is 6.37. The number of anilines is 1. The fourth-order valence-electron chi connectivity index (χ4n) is 2.13. The molecule has 0 aliphatic carbocycles. The van der Waals surface area contributed by atoms with Crippen LogP contribution >= 0.6 is 23.8 Å². The quantitative estimate of drug-likeness (QED) is 0.845. The lowest BCUT2D eigenvalue weighted by atomic mass is 10.0. The van der Waals surface area contributed by atoms with Crippen molar-refractivity contribution in [2.75, 3.05) is 5.32 Å². The maximum absolute atomic E-state index is 12.4. The Labute approximate surface area is 134 Å². The molecule has 2 aromatic carbocycles. The highest BCUT2D eigenvalue weighted by Crippen LogP contribution is 2.24. The molecular formula is C16H15ClN2OS. The predicted octanol–water partition coefficient (Wildman–Crippen LogP) is 3.84. The van der Waals surface area contributed by atoms with Gasteiger partial charge >= 0.3 is 0 Å². The molecule has 0 heterocycles. The van der Waals surface area contributed by atoms with E-state index < -0.39 is 0 Å². The Morgan fingerprint density at radius 2 is 1.81 bits per heavy atom. The summed E-state index contributed by atoms with van der Waals surface area (Å²) in [6.07, 6.45) is 0. The maximum atomic E-state index is 12.4. The molecule has 0 unspecified atom stereocenters. The van der Waals surface area contributed by atoms with Gasteiger partial charge < -0.3 is 11.1 Å². The fourth-order valence-corrected chi connectivity index (χ4v) is 2.48. The summed E-state index contributed by atoms with van der Waals surface area (Å²) < 4.78 is 0. The van der Waals surface area contributed by atoms with Crippen LogP contribution in [0.3, 0.4) is 0 Å². The Balaban J connectivity index is 2.30. The van der Waals surface area contributed by atoms with Gasteiger partial charge in [-0.1, -0.05) is 42.0 Å². The van der Waals surface area contributed by atoms with E-state index in [0.29, 0.717) is 21.8 Å². The number of amides is 1. The van der Waals surface area contributed by atoms with Gasteiger partial charge in [-0.25, -0.2) is 0 Å². The second-order valence-corrected chi connectivity index (χ2v) is 5.63. The second kappa shape index (κ2) is 6.24. The molecule has 21 heavy (non-hydrogen) atoms. The fraction of sp³-hybridized carbons (Fsp3) is 0.125. The third-order valence-electron chi connectivity index (χ3n) is 3.21. The first-order valence-corrected chi connectivity index (χ1v) is 7.15. The van der Waals surface area contributed by atoms with Crippen molar-refractivity contribution in [1.82, 2.24) is 0 Å². The average molecular weight is 319 g/mol. The lowest BCUT2D eigenvalue weighted by molar-refractivity contribution is 0.102. The van der Waals surface area contributed by atoms with Gasteiger partial charge in [-0.05, 0) is 43.2 Å². The van der Waals surface area contributed by atoms with Crippen molar-refractivity contribution in [1.29, 1.82) is 0 Å². The largest absolute Gasteiger partial charge is 0.389 e. The van der Waals surface area contributed by atoms with Crippen LogP contribution in [0.4, 0.5) is 5.69 Å². The maximum Gasteiger partial charge on any atom is 0.256 e. The molecule has 3 N–H and O–H groups in total. The van der Waals surface area contributed by atoms with E-state index in [9.17, 15) is 4.79 Å². The van der Waals surface area contributed by atoms with Crippen molar-refractivity contribution in [3.63, 3.8) is 0 Å². The van der Waals surface area contributed by atoms with Crippen molar-refractivity contribution in [2.45, 2.75) is 13.8 Å². The minimum absolute atomic E-state index is 0.185. The van der Waals surface area contributed by atoms with Gasteiger partial charge in [0, 0.05) is 11.1 Å². The van der Waals surface area contributed by atoms with E-state index >= 15 is 0 Å². The normalized spacial score (nSPS) is 10.2. The molecule has 0 aromatic heterocycles. The Morgan fingerprint density at radius 3 is 2.33 bits per heavy atom. The van der Waals surface area contributed by atoms with Crippen LogP contribution in [0.1, 0.15) is 27.0 Å². The zero-order valence-corrected chi connectivity index (χ0v) is 13.3. The van der Waals surface area contributed by atoms with E-state index in [-0.39, 0.29) is 10.9 Å². The van der Waals surface area contributed by atoms with Crippen LogP contribution < -0.4 is 11.1 Å². The van der Waals surface area contributed by atoms with E-state index in [1.165, 1.54) is 0 Å². The SMILES string of the molecule is Cc1cccc(C)c1C(=O)Nc1ccc(C(N)=S)cc1Cl. The van der Waals surface area contributed by atoms with Gasteiger partial charge in [-0.2, -0.15) is 0 Å². The van der Waals surface area contributed by atoms with Crippen LogP contribution in [0.2, 0.25) is 5.02 Å². The van der Waals surface area contributed by atoms with Crippen LogP contribution in [0.15, 0.2) is 36.4 Å². The number of benzene rings is 2. The number of thiocarbonyl (C=S) groups is 1. The lowest BCUT2D eigenvalue weighted by Gasteiger charge is -2.12. The molecule has 1 amide bonds. The van der Waals surface area contributed by atoms with Crippen LogP contribution in [-0.2, 0) is 0 Å². The molecule has 0 saturated heterocycles. The summed E-state index contributed by atoms with van der Waals surface area (Å²) in [5, 5.41) is 3.22. The molecule has 0 aliphatic rings. The van der Waals surface area contributed by atoms with E-state index in [1.807, 2.05) is 32.0 Å². The zero-order valence-electron chi connectivity index (χ0n) is 11.7. The van der Waals surface area contributed by atoms with E-state index in [4.69, 9.17) is 29.6 Å². The summed E-state index contributed by atoms with van der Waals surface area (Å²) in [7, 11) is 0. The molecule has 0 atom stereocenters. The van der Waals surface area contributed by atoms with Gasteiger partial charge in [-0.15, -0.1) is 0 Å². The van der Waals surface area contributed by atoms with Gasteiger partial charge in [0.25, 0.3) is 5.91 Å². The van der Waals surface area contributed by atoms with Crippen molar-refractivity contribution >= 4 is 40.4 Å². The number of hydrogen-bond donors (Lipinski definition) is 2. The molecule has 2 aromatic rings. The summed E-state index contributed by atoms with van der Waals surface area (Å²) in [6.45, 7) is 3.80. The minimum Gasteiger partial charge on any atom is -0.389 e. The second-order valence-electron chi connectivity index (χ2n) is 4.78. The highest BCUT2D eigenvalue weighted by molar-refractivity contribution is 7.80. The van der Waals surface area contributed by atoms with Crippen molar-refractivity contribution in [3.05, 3.63) is 63.7 Å². The summed E-state index contributed by atoms with van der Waals surface area (Å²) in [5.74, 6) is -0.185. The predicted molar refractivity (Wildman–Crippen MR) is 91.2 cm³/mol. The van der Waals surface area contributed by atoms with Gasteiger partial charge in [-0.3, -0.25) is 4.79 Å². The highest BCUT2D eigenvalue weighted by Gasteiger charge is 2.13. The van der Waals surface area contributed by atoms with Gasteiger partial charge in [0.1, 0.15) is 4.99 Å². The molecule has 0 radical (unpaired) electrons. The summed E-state index contributed by atoms with van der Waals surface area (Å²) >= 11 is 11.1. The smallest absolute Gasteiger partial charge is 0.256 e. The van der Waals surface area contributed by atoms with Gasteiger partial charge in [0.15, 0.2) is 0 Å². The molecule has 5 heteroatoms. The van der Waals surface area contributed by atoms with Crippen molar-refractivity contribution < 1.29 is 4.79 Å². The third-order valence-corrected chi connectivity index (χ3v) is 3.76. The third kappa shape index (κ3) is 3.40. The molecule has 2 rings (SSSR count). The minimum atomic E-state index is -0.185. The Hall–Kier alpha value is -1.91. The number of hydrogen-bond acceptors (Lipinski definition) is 2. The van der Waals surface area contributed by atoms with Crippen LogP contribution in [0.5, 0.6) is 0 Å². The van der Waals surface area contributed by atoms with E-state index in [0.717, 1.165) is 11.1 Å². The molecule has 0 spiro atoms. The Morgan fingerprint density at radius 1 is 1.19 bits per heavy atom. The molecular weight excluding hydrogens is 304 g/mol. The molecule has 0 saturated carbocycles. The standard InChI is InChI=1S/C16H15ClN2OS/c1-9-4-3-5-10(2)14(9)16(20)19-13-7-6-11(15(18)21)8-12(13)17/h3-8H,1-2H3,(H2,18,21)(H,19,20).